The zero-order chi connectivity index (χ0) is 39.4. The minimum Gasteiger partial charge on any atom is -0.489 e. The van der Waals surface area contributed by atoms with Crippen molar-refractivity contribution in [3.05, 3.63) is 71.4 Å². The maximum atomic E-state index is 13.0. The van der Waals surface area contributed by atoms with Crippen LogP contribution in [0.4, 0.5) is 26.3 Å². The van der Waals surface area contributed by atoms with Gasteiger partial charge in [0.25, 0.3) is 5.91 Å². The third kappa shape index (κ3) is 13.3. The Kier molecular flexibility index (Phi) is 15.3. The van der Waals surface area contributed by atoms with Gasteiger partial charge >= 0.3 is 24.3 Å². The number of aliphatic carboxylic acids is 2. The molecule has 52 heavy (non-hydrogen) atoms. The predicted molar refractivity (Wildman–Crippen MR) is 169 cm³/mol. The van der Waals surface area contributed by atoms with Gasteiger partial charge in [0.05, 0.1) is 24.0 Å². The highest BCUT2D eigenvalue weighted by molar-refractivity contribution is 5.95. The number of para-hydroxylation sites is 1. The molecular weight excluding hydrogens is 712 g/mol. The molecule has 284 valence electrons. The number of amides is 3. The number of hydrogen-bond donors (Lipinski definition) is 5. The zero-order valence-electron chi connectivity index (χ0n) is 27.8. The average Bonchev–Trinajstić information content (AvgIpc) is 3.06. The lowest BCUT2D eigenvalue weighted by Crippen LogP contribution is -2.57. The van der Waals surface area contributed by atoms with Crippen LogP contribution in [0.1, 0.15) is 28.0 Å². The van der Waals surface area contributed by atoms with Crippen LogP contribution in [-0.4, -0.2) is 112 Å². The monoisotopic (exact) mass is 747 g/mol. The largest absolute Gasteiger partial charge is 0.490 e. The van der Waals surface area contributed by atoms with Gasteiger partial charge in [-0.2, -0.15) is 26.3 Å². The number of aryl methyl sites for hydroxylation is 1. The van der Waals surface area contributed by atoms with Crippen LogP contribution in [0.2, 0.25) is 0 Å². The number of nitrogens with zero attached hydrogens (tertiary/aromatic N) is 3. The van der Waals surface area contributed by atoms with E-state index in [9.17, 15) is 45.9 Å². The molecule has 2 heterocycles. The highest BCUT2D eigenvalue weighted by atomic mass is 19.4. The summed E-state index contributed by atoms with van der Waals surface area (Å²) in [5.74, 6) is -6.49. The summed E-state index contributed by atoms with van der Waals surface area (Å²) in [6, 6.07) is 16.1. The summed E-state index contributed by atoms with van der Waals surface area (Å²) in [6.07, 6.45) is -9.77. The number of benzene rings is 2. The third-order valence-electron chi connectivity index (χ3n) is 7.24. The molecule has 1 aromatic heterocycles. The SMILES string of the molecule is Cc1cc(COc2ccc(C(=O)N[C@@H]3CN(CC(=O)N(C)C)CC[C@@H]3C(=O)NO)cc2)c2ccccc2n1.O=C(O)C(F)(F)F.O=C(O)C(F)(F)F. The van der Waals surface area contributed by atoms with E-state index >= 15 is 0 Å². The minimum atomic E-state index is -5.08. The number of pyridine rings is 1. The van der Waals surface area contributed by atoms with E-state index in [0.717, 1.165) is 22.2 Å². The van der Waals surface area contributed by atoms with Gasteiger partial charge in [0.1, 0.15) is 12.4 Å². The second-order valence-corrected chi connectivity index (χ2v) is 11.3. The number of carbonyl (C=O) groups excluding carboxylic acids is 3. The molecule has 5 N–H and O–H groups in total. The first-order chi connectivity index (χ1) is 24.1. The maximum Gasteiger partial charge on any atom is 0.490 e. The van der Waals surface area contributed by atoms with Gasteiger partial charge in [0.15, 0.2) is 0 Å². The molecule has 0 radical (unpaired) electrons. The summed E-state index contributed by atoms with van der Waals surface area (Å²) in [5, 5.41) is 27.4. The molecule has 20 heteroatoms. The Bertz CT molecular complexity index is 1700. The number of piperidine rings is 1. The summed E-state index contributed by atoms with van der Waals surface area (Å²) in [5.41, 5.74) is 4.96. The number of aromatic nitrogens is 1. The molecule has 0 saturated carbocycles. The van der Waals surface area contributed by atoms with Crippen molar-refractivity contribution in [1.29, 1.82) is 0 Å². The number of fused-ring (bicyclic) bond motifs is 1. The highest BCUT2D eigenvalue weighted by Gasteiger charge is 2.39. The number of likely N-dealkylation sites (N-methyl/N-ethyl adjacent to an activating group) is 1. The van der Waals surface area contributed by atoms with E-state index in [1.165, 1.54) is 4.90 Å². The number of rotatable bonds is 8. The van der Waals surface area contributed by atoms with Crippen LogP contribution < -0.4 is 15.5 Å². The second kappa shape index (κ2) is 18.7. The van der Waals surface area contributed by atoms with Gasteiger partial charge in [-0.15, -0.1) is 0 Å². The normalized spacial score (nSPS) is 15.9. The lowest BCUT2D eigenvalue weighted by atomic mass is 9.90. The molecule has 0 unspecified atom stereocenters. The lowest BCUT2D eigenvalue weighted by Gasteiger charge is -2.37. The van der Waals surface area contributed by atoms with Crippen LogP contribution in [0.15, 0.2) is 54.6 Å². The number of carbonyl (C=O) groups is 5. The Morgan fingerprint density at radius 3 is 2.02 bits per heavy atom. The number of ether oxygens (including phenoxy) is 1. The predicted octanol–water partition coefficient (Wildman–Crippen LogP) is 3.40. The lowest BCUT2D eigenvalue weighted by molar-refractivity contribution is -0.193. The quantitative estimate of drug-likeness (QED) is 0.129. The third-order valence-corrected chi connectivity index (χ3v) is 7.24. The number of halogens is 6. The van der Waals surface area contributed by atoms with Crippen LogP contribution in [0, 0.1) is 12.8 Å². The van der Waals surface area contributed by atoms with Gasteiger partial charge in [-0.25, -0.2) is 15.1 Å². The topological polar surface area (TPSA) is 199 Å². The fourth-order valence-corrected chi connectivity index (χ4v) is 4.67. The Morgan fingerprint density at radius 2 is 1.50 bits per heavy atom. The standard InChI is InChI=1S/C28H33N5O5.2C2HF3O2/c1-18-14-20(22-6-4-5-7-24(22)29-18)17-38-21-10-8-19(9-11-21)27(35)30-25-15-33(16-26(34)32(2)3)13-12-23(25)28(36)31-37;2*3-2(4,5)1(6)7/h4-11,14,23,25,37H,12-13,15-17H2,1-3H3,(H,30,35)(H,31,36);2*(H,6,7)/t23-,25+;;/m0../s1. The van der Waals surface area contributed by atoms with Gasteiger partial charge in [0.2, 0.25) is 11.8 Å². The van der Waals surface area contributed by atoms with Crippen molar-refractivity contribution in [2.75, 3.05) is 33.7 Å². The smallest absolute Gasteiger partial charge is 0.489 e. The number of likely N-dealkylation sites (tertiary alicyclic amines) is 1. The van der Waals surface area contributed by atoms with Crippen LogP contribution in [-0.2, 0) is 25.8 Å². The zero-order valence-corrected chi connectivity index (χ0v) is 27.8. The van der Waals surface area contributed by atoms with Crippen LogP contribution in [0.3, 0.4) is 0 Å². The molecule has 0 bridgehead atoms. The first-order valence-corrected chi connectivity index (χ1v) is 15.0. The molecular formula is C32H35F6N5O9. The highest BCUT2D eigenvalue weighted by Crippen LogP contribution is 2.22. The van der Waals surface area contributed by atoms with Crippen molar-refractivity contribution in [2.24, 2.45) is 5.92 Å². The molecule has 1 aliphatic rings. The van der Waals surface area contributed by atoms with Gasteiger partial charge in [-0.05, 0) is 56.3 Å². The van der Waals surface area contributed by atoms with E-state index in [1.807, 2.05) is 42.2 Å². The summed E-state index contributed by atoms with van der Waals surface area (Å²) in [7, 11) is 3.36. The molecule has 4 rings (SSSR count). The van der Waals surface area contributed by atoms with Crippen molar-refractivity contribution < 1.29 is 70.5 Å². The number of hydrogen-bond acceptors (Lipinski definition) is 9. The van der Waals surface area contributed by atoms with Crippen molar-refractivity contribution >= 4 is 40.6 Å². The van der Waals surface area contributed by atoms with E-state index in [0.29, 0.717) is 37.4 Å². The second-order valence-electron chi connectivity index (χ2n) is 11.3. The van der Waals surface area contributed by atoms with Gasteiger partial charge in [-0.3, -0.25) is 29.5 Å². The van der Waals surface area contributed by atoms with Crippen molar-refractivity contribution in [1.82, 2.24) is 25.6 Å². The fourth-order valence-electron chi connectivity index (χ4n) is 4.67. The first-order valence-electron chi connectivity index (χ1n) is 15.0. The molecule has 14 nitrogen and oxygen atoms in total. The minimum absolute atomic E-state index is 0.0642. The Morgan fingerprint density at radius 1 is 0.942 bits per heavy atom. The van der Waals surface area contributed by atoms with Crippen LogP contribution in [0.5, 0.6) is 5.75 Å². The first kappa shape index (κ1) is 42.7. The van der Waals surface area contributed by atoms with Crippen molar-refractivity contribution in [3.8, 4) is 5.75 Å². The van der Waals surface area contributed by atoms with Crippen molar-refractivity contribution in [2.45, 2.75) is 38.3 Å². The van der Waals surface area contributed by atoms with Crippen LogP contribution >= 0.6 is 0 Å². The molecule has 1 fully saturated rings. The van der Waals surface area contributed by atoms with E-state index in [2.05, 4.69) is 10.3 Å². The fraction of sp³-hybridized carbons (Fsp3) is 0.375. The van der Waals surface area contributed by atoms with Gasteiger partial charge in [-0.1, -0.05) is 18.2 Å². The molecule has 3 amide bonds. The molecule has 2 atom stereocenters. The number of alkyl halides is 6. The number of carboxylic acids is 2. The van der Waals surface area contributed by atoms with Crippen LogP contribution in [0.25, 0.3) is 10.9 Å². The van der Waals surface area contributed by atoms with Gasteiger partial charge < -0.3 is 25.2 Å². The van der Waals surface area contributed by atoms with Gasteiger partial charge in [0, 0.05) is 42.8 Å². The molecule has 3 aromatic rings. The molecule has 0 spiro atoms. The molecule has 1 aliphatic heterocycles. The molecule has 1 saturated heterocycles. The summed E-state index contributed by atoms with van der Waals surface area (Å²) < 4.78 is 69.5. The number of hydroxylamine groups is 1. The molecule has 0 aliphatic carbocycles. The molecule has 2 aromatic carbocycles. The van der Waals surface area contributed by atoms with E-state index in [1.54, 1.807) is 43.8 Å². The van der Waals surface area contributed by atoms with Crippen molar-refractivity contribution in [3.63, 3.8) is 0 Å². The Labute approximate surface area is 291 Å². The number of nitrogens with one attached hydrogen (secondary N) is 2. The summed E-state index contributed by atoms with van der Waals surface area (Å²) in [4.78, 5) is 63.2. The summed E-state index contributed by atoms with van der Waals surface area (Å²) in [6.45, 7) is 3.30. The summed E-state index contributed by atoms with van der Waals surface area (Å²) >= 11 is 0. The average molecular weight is 748 g/mol. The van der Waals surface area contributed by atoms with E-state index in [-0.39, 0.29) is 18.4 Å². The Balaban J connectivity index is 0.000000564. The Hall–Kier alpha value is -5.50. The van der Waals surface area contributed by atoms with E-state index < -0.39 is 42.2 Å². The van der Waals surface area contributed by atoms with E-state index in [4.69, 9.17) is 24.5 Å². The number of carboxylic acid groups (broad SMARTS) is 2. The maximum absolute atomic E-state index is 13.0.